The van der Waals surface area contributed by atoms with Crippen LogP contribution in [0.25, 0.3) is 0 Å². The second-order valence-corrected chi connectivity index (χ2v) is 6.78. The van der Waals surface area contributed by atoms with Crippen LogP contribution < -0.4 is 0 Å². The van der Waals surface area contributed by atoms with Crippen molar-refractivity contribution in [2.45, 2.75) is 44.4 Å². The number of halogens is 2. The molecule has 0 radical (unpaired) electrons. The Kier molecular flexibility index (Phi) is 3.03. The number of carbonyl (C=O) groups is 2. The summed E-state index contributed by atoms with van der Waals surface area (Å²) in [6.45, 7) is -1.36. The number of hydrogen-bond donors (Lipinski definition) is 1. The van der Waals surface area contributed by atoms with Crippen molar-refractivity contribution in [2.75, 3.05) is 6.61 Å². The summed E-state index contributed by atoms with van der Waals surface area (Å²) < 4.78 is 30.7. The molecule has 20 heavy (non-hydrogen) atoms. The molecule has 0 aromatic carbocycles. The maximum Gasteiger partial charge on any atom is 0.378 e. The minimum Gasteiger partial charge on any atom is -0.477 e. The minimum absolute atomic E-state index is 0.508. The molecule has 4 aliphatic rings. The Morgan fingerprint density at radius 3 is 1.95 bits per heavy atom. The summed E-state index contributed by atoms with van der Waals surface area (Å²) in [6, 6.07) is 0. The van der Waals surface area contributed by atoms with Gasteiger partial charge in [-0.2, -0.15) is 8.78 Å². The van der Waals surface area contributed by atoms with E-state index in [9.17, 15) is 18.4 Å². The van der Waals surface area contributed by atoms with E-state index in [4.69, 9.17) is 5.11 Å². The van der Waals surface area contributed by atoms with Crippen LogP contribution in [0.4, 0.5) is 8.78 Å². The summed E-state index contributed by atoms with van der Waals surface area (Å²) in [6.07, 6.45) is 5.57. The Morgan fingerprint density at radius 1 is 1.10 bits per heavy atom. The summed E-state index contributed by atoms with van der Waals surface area (Å²) in [7, 11) is 0. The van der Waals surface area contributed by atoms with Gasteiger partial charge in [-0.05, 0) is 56.3 Å². The molecular formula is C14H18F2O4. The molecule has 0 aliphatic heterocycles. The molecule has 4 fully saturated rings. The van der Waals surface area contributed by atoms with Gasteiger partial charge < -0.3 is 9.84 Å². The topological polar surface area (TPSA) is 63.6 Å². The zero-order chi connectivity index (χ0) is 14.5. The summed E-state index contributed by atoms with van der Waals surface area (Å²) in [5, 5.41) is 8.35. The first-order valence-electron chi connectivity index (χ1n) is 7.09. The molecule has 4 aliphatic carbocycles. The quantitative estimate of drug-likeness (QED) is 0.807. The van der Waals surface area contributed by atoms with E-state index in [1.54, 1.807) is 0 Å². The molecule has 0 saturated heterocycles. The number of ether oxygens (including phenoxy) is 1. The lowest BCUT2D eigenvalue weighted by Crippen LogP contribution is -2.51. The van der Waals surface area contributed by atoms with Gasteiger partial charge in [-0.25, -0.2) is 4.79 Å². The van der Waals surface area contributed by atoms with Crippen molar-refractivity contribution >= 4 is 11.9 Å². The molecule has 4 bridgehead atoms. The molecule has 0 aromatic heterocycles. The third kappa shape index (κ3) is 2.19. The van der Waals surface area contributed by atoms with Gasteiger partial charge >= 0.3 is 17.9 Å². The number of esters is 1. The van der Waals surface area contributed by atoms with E-state index in [-0.39, 0.29) is 0 Å². The molecule has 0 unspecified atom stereocenters. The van der Waals surface area contributed by atoms with E-state index in [1.165, 1.54) is 0 Å². The van der Waals surface area contributed by atoms with Crippen molar-refractivity contribution < 1.29 is 28.2 Å². The lowest BCUT2D eigenvalue weighted by molar-refractivity contribution is -0.189. The highest BCUT2D eigenvalue weighted by Gasteiger charge is 2.56. The number of rotatable bonds is 4. The predicted octanol–water partition coefficient (Wildman–Crippen LogP) is 2.47. The van der Waals surface area contributed by atoms with E-state index in [0.717, 1.165) is 38.5 Å². The number of alkyl halides is 2. The molecule has 0 spiro atoms. The van der Waals surface area contributed by atoms with Gasteiger partial charge in [0.25, 0.3) is 0 Å². The Morgan fingerprint density at radius 2 is 1.55 bits per heavy atom. The summed E-state index contributed by atoms with van der Waals surface area (Å²) >= 11 is 0. The highest BCUT2D eigenvalue weighted by Crippen LogP contribution is 2.60. The first kappa shape index (κ1) is 13.8. The van der Waals surface area contributed by atoms with Crippen molar-refractivity contribution in [3.63, 3.8) is 0 Å². The molecular weight excluding hydrogens is 270 g/mol. The molecule has 112 valence electrons. The van der Waals surface area contributed by atoms with Crippen molar-refractivity contribution in [1.29, 1.82) is 0 Å². The van der Waals surface area contributed by atoms with Gasteiger partial charge in [0.15, 0.2) is 6.61 Å². The first-order chi connectivity index (χ1) is 9.31. The summed E-state index contributed by atoms with van der Waals surface area (Å²) in [5.41, 5.74) is -0.622. The molecule has 0 amide bonds. The number of carboxylic acid groups (broad SMARTS) is 1. The number of hydrogen-bond acceptors (Lipinski definition) is 3. The normalized spacial score (nSPS) is 38.8. The Hall–Kier alpha value is -1.20. The van der Waals surface area contributed by atoms with Crippen LogP contribution in [0.3, 0.4) is 0 Å². The third-order valence-corrected chi connectivity index (χ3v) is 5.17. The van der Waals surface area contributed by atoms with Crippen LogP contribution in [0.2, 0.25) is 0 Å². The van der Waals surface area contributed by atoms with Gasteiger partial charge in [0.05, 0.1) is 5.41 Å². The molecule has 0 atom stereocenters. The lowest BCUT2D eigenvalue weighted by atomic mass is 9.49. The molecule has 0 heterocycles. The van der Waals surface area contributed by atoms with Crippen LogP contribution in [0.5, 0.6) is 0 Å². The molecule has 4 rings (SSSR count). The standard InChI is InChI=1S/C14H18F2O4/c15-14(16,11(17)18)7-20-12(19)13-4-8-1-9(5-13)3-10(2-8)6-13/h8-10H,1-7H2,(H,17,18). The van der Waals surface area contributed by atoms with Gasteiger partial charge in [-0.1, -0.05) is 0 Å². The fourth-order valence-corrected chi connectivity index (χ4v) is 4.73. The van der Waals surface area contributed by atoms with Crippen LogP contribution in [-0.2, 0) is 14.3 Å². The second kappa shape index (κ2) is 4.40. The number of carboxylic acids is 1. The zero-order valence-corrected chi connectivity index (χ0v) is 11.1. The first-order valence-corrected chi connectivity index (χ1v) is 7.09. The van der Waals surface area contributed by atoms with Gasteiger partial charge in [0, 0.05) is 0 Å². The largest absolute Gasteiger partial charge is 0.477 e. The minimum atomic E-state index is -4.00. The highest BCUT2D eigenvalue weighted by atomic mass is 19.3. The van der Waals surface area contributed by atoms with Gasteiger partial charge in [-0.15, -0.1) is 0 Å². The molecule has 1 N–H and O–H groups in total. The smallest absolute Gasteiger partial charge is 0.378 e. The van der Waals surface area contributed by atoms with Crippen LogP contribution in [0.1, 0.15) is 38.5 Å². The van der Waals surface area contributed by atoms with Crippen LogP contribution in [-0.4, -0.2) is 29.6 Å². The van der Waals surface area contributed by atoms with E-state index in [2.05, 4.69) is 4.74 Å². The third-order valence-electron chi connectivity index (χ3n) is 5.17. The fraction of sp³-hybridized carbons (Fsp3) is 0.857. The van der Waals surface area contributed by atoms with Crippen LogP contribution >= 0.6 is 0 Å². The fourth-order valence-electron chi connectivity index (χ4n) is 4.73. The van der Waals surface area contributed by atoms with E-state index in [1.807, 2.05) is 0 Å². The summed E-state index contributed by atoms with van der Waals surface area (Å²) in [5.74, 6) is -5.34. The van der Waals surface area contributed by atoms with Gasteiger partial charge in [0.1, 0.15) is 0 Å². The molecule has 4 nitrogen and oxygen atoms in total. The summed E-state index contributed by atoms with van der Waals surface area (Å²) in [4.78, 5) is 22.6. The molecule has 6 heteroatoms. The average molecular weight is 288 g/mol. The van der Waals surface area contributed by atoms with Crippen molar-refractivity contribution in [3.05, 3.63) is 0 Å². The lowest BCUT2D eigenvalue weighted by Gasteiger charge is -2.55. The van der Waals surface area contributed by atoms with E-state index in [0.29, 0.717) is 17.8 Å². The predicted molar refractivity (Wildman–Crippen MR) is 64.1 cm³/mol. The molecule has 4 saturated carbocycles. The Labute approximate surface area is 115 Å². The van der Waals surface area contributed by atoms with E-state index >= 15 is 0 Å². The zero-order valence-electron chi connectivity index (χ0n) is 11.1. The molecule has 0 aromatic rings. The van der Waals surface area contributed by atoms with E-state index < -0.39 is 29.9 Å². The SMILES string of the molecule is O=C(O)C(F)(F)COC(=O)C12CC3CC(CC(C3)C1)C2. The average Bonchev–Trinajstić information content (AvgIpc) is 2.34. The van der Waals surface area contributed by atoms with Gasteiger partial charge in [-0.3, -0.25) is 4.79 Å². The maximum absolute atomic E-state index is 13.0. The van der Waals surface area contributed by atoms with Crippen LogP contribution in [0, 0.1) is 23.2 Å². The monoisotopic (exact) mass is 288 g/mol. The second-order valence-electron chi connectivity index (χ2n) is 6.78. The number of carbonyl (C=O) groups excluding carboxylic acids is 1. The van der Waals surface area contributed by atoms with Crippen molar-refractivity contribution in [1.82, 2.24) is 0 Å². The Balaban J connectivity index is 1.67. The Bertz CT molecular complexity index is 411. The van der Waals surface area contributed by atoms with Crippen LogP contribution in [0.15, 0.2) is 0 Å². The highest BCUT2D eigenvalue weighted by molar-refractivity contribution is 5.79. The van der Waals surface area contributed by atoms with Crippen molar-refractivity contribution in [2.24, 2.45) is 23.2 Å². The number of aliphatic carboxylic acids is 1. The maximum atomic E-state index is 13.0. The van der Waals surface area contributed by atoms with Gasteiger partial charge in [0.2, 0.25) is 0 Å². The van der Waals surface area contributed by atoms with Crippen molar-refractivity contribution in [3.8, 4) is 0 Å².